The maximum absolute atomic E-state index is 12.9. The lowest BCUT2D eigenvalue weighted by Crippen LogP contribution is -2.53. The van der Waals surface area contributed by atoms with Crippen LogP contribution in [-0.4, -0.2) is 39.6 Å². The third kappa shape index (κ3) is 4.71. The minimum absolute atomic E-state index is 0.0487. The molecule has 0 spiro atoms. The van der Waals surface area contributed by atoms with E-state index in [9.17, 15) is 9.59 Å². The van der Waals surface area contributed by atoms with Crippen LogP contribution < -0.4 is 5.73 Å². The monoisotopic (exact) mass is 436 g/mol. The lowest BCUT2D eigenvalue weighted by atomic mass is 9.74. The number of carbonyl (C=O) groups is 2. The zero-order valence-electron chi connectivity index (χ0n) is 17.8. The molecule has 162 valence electrons. The predicted octanol–water partition coefficient (Wildman–Crippen LogP) is 3.65. The lowest BCUT2D eigenvalue weighted by molar-refractivity contribution is -0.140. The Hall–Kier alpha value is -2.93. The van der Waals surface area contributed by atoms with Crippen molar-refractivity contribution in [3.8, 4) is 10.4 Å². The molecule has 2 aromatic heterocycles. The number of carbonyl (C=O) groups excluding carboxylic acids is 2. The van der Waals surface area contributed by atoms with Gasteiger partial charge in [-0.15, -0.1) is 11.3 Å². The molecule has 3 heterocycles. The van der Waals surface area contributed by atoms with Gasteiger partial charge in [0, 0.05) is 42.8 Å². The molecule has 2 N–H and O–H groups in total. The van der Waals surface area contributed by atoms with Gasteiger partial charge in [-0.2, -0.15) is 5.10 Å². The Bertz CT molecular complexity index is 1060. The van der Waals surface area contributed by atoms with E-state index in [1.54, 1.807) is 17.5 Å². The second kappa shape index (κ2) is 9.06. The summed E-state index contributed by atoms with van der Waals surface area (Å²) in [4.78, 5) is 28.5. The Morgan fingerprint density at radius 1 is 1.23 bits per heavy atom. The van der Waals surface area contributed by atoms with Gasteiger partial charge < -0.3 is 10.6 Å². The van der Waals surface area contributed by atoms with E-state index >= 15 is 0 Å². The zero-order valence-corrected chi connectivity index (χ0v) is 18.6. The number of benzene rings is 1. The van der Waals surface area contributed by atoms with Gasteiger partial charge in [-0.3, -0.25) is 14.3 Å². The van der Waals surface area contributed by atoms with Crippen LogP contribution in [0.5, 0.6) is 0 Å². The molecule has 4 rings (SSSR count). The number of hydrogen-bond acceptors (Lipinski definition) is 4. The summed E-state index contributed by atoms with van der Waals surface area (Å²) in [7, 11) is 0. The van der Waals surface area contributed by atoms with Crippen LogP contribution in [0.15, 0.2) is 54.0 Å². The Morgan fingerprint density at radius 3 is 2.81 bits per heavy atom. The number of amides is 2. The molecular formula is C24H28N4O2S. The van der Waals surface area contributed by atoms with Crippen LogP contribution in [-0.2, 0) is 22.6 Å². The molecule has 2 amide bonds. The van der Waals surface area contributed by atoms with Crippen molar-refractivity contribution in [1.29, 1.82) is 0 Å². The minimum atomic E-state index is -0.733. The van der Waals surface area contributed by atoms with Crippen molar-refractivity contribution < 1.29 is 9.59 Å². The molecule has 0 saturated carbocycles. The van der Waals surface area contributed by atoms with Crippen LogP contribution in [0.25, 0.3) is 10.4 Å². The number of nitrogens with zero attached hydrogens (tertiary/aromatic N) is 3. The smallest absolute Gasteiger partial charge is 0.225 e. The summed E-state index contributed by atoms with van der Waals surface area (Å²) in [6.07, 6.45) is 4.13. The van der Waals surface area contributed by atoms with Gasteiger partial charge in [-0.25, -0.2) is 0 Å². The fourth-order valence-corrected chi connectivity index (χ4v) is 5.16. The number of hydrogen-bond donors (Lipinski definition) is 1. The number of nitrogens with two attached hydrogens (primary N) is 1. The molecule has 1 saturated heterocycles. The van der Waals surface area contributed by atoms with Crippen LogP contribution in [0.2, 0.25) is 0 Å². The first-order valence-electron chi connectivity index (χ1n) is 10.7. The number of likely N-dealkylation sites (tertiary alicyclic amines) is 1. The Morgan fingerprint density at radius 2 is 2.10 bits per heavy atom. The highest BCUT2D eigenvalue weighted by molar-refractivity contribution is 7.13. The Kier molecular flexibility index (Phi) is 6.23. The van der Waals surface area contributed by atoms with Gasteiger partial charge in [-0.1, -0.05) is 30.3 Å². The van der Waals surface area contributed by atoms with Gasteiger partial charge in [0.05, 0.1) is 5.41 Å². The van der Waals surface area contributed by atoms with Crippen molar-refractivity contribution in [2.24, 2.45) is 11.1 Å². The van der Waals surface area contributed by atoms with Gasteiger partial charge in [0.1, 0.15) is 0 Å². The van der Waals surface area contributed by atoms with Crippen molar-refractivity contribution in [3.05, 3.63) is 65.3 Å². The topological polar surface area (TPSA) is 81.2 Å². The molecule has 1 unspecified atom stereocenters. The van der Waals surface area contributed by atoms with Crippen LogP contribution in [0.4, 0.5) is 0 Å². The maximum Gasteiger partial charge on any atom is 0.225 e. The third-order valence-corrected chi connectivity index (χ3v) is 7.11. The molecule has 1 aromatic carbocycles. The minimum Gasteiger partial charge on any atom is -0.369 e. The molecule has 1 aliphatic heterocycles. The number of primary amides is 1. The van der Waals surface area contributed by atoms with Crippen LogP contribution in [0.1, 0.15) is 30.5 Å². The molecule has 0 radical (unpaired) electrons. The number of piperidine rings is 1. The highest BCUT2D eigenvalue weighted by Gasteiger charge is 2.42. The van der Waals surface area contributed by atoms with E-state index in [4.69, 9.17) is 5.73 Å². The van der Waals surface area contributed by atoms with Gasteiger partial charge >= 0.3 is 0 Å². The molecule has 1 fully saturated rings. The van der Waals surface area contributed by atoms with Gasteiger partial charge in [0.25, 0.3) is 0 Å². The SMILES string of the molecule is Cc1ccnn1CCC(=O)N1CCCC(Cc2cccc(-c3cccs3)c2)(C(N)=O)C1. The van der Waals surface area contributed by atoms with Crippen molar-refractivity contribution in [3.63, 3.8) is 0 Å². The average Bonchev–Trinajstić information content (AvgIpc) is 3.44. The lowest BCUT2D eigenvalue weighted by Gasteiger charge is -2.41. The fraction of sp³-hybridized carbons (Fsp3) is 0.375. The highest BCUT2D eigenvalue weighted by Crippen LogP contribution is 2.35. The predicted molar refractivity (Wildman–Crippen MR) is 122 cm³/mol. The highest BCUT2D eigenvalue weighted by atomic mass is 32.1. The summed E-state index contributed by atoms with van der Waals surface area (Å²) in [6, 6.07) is 14.3. The number of aryl methyl sites for hydroxylation is 2. The first-order chi connectivity index (χ1) is 15.0. The van der Waals surface area contributed by atoms with Crippen LogP contribution >= 0.6 is 11.3 Å². The summed E-state index contributed by atoms with van der Waals surface area (Å²) in [5.74, 6) is -0.276. The van der Waals surface area contributed by atoms with E-state index in [1.807, 2.05) is 40.8 Å². The van der Waals surface area contributed by atoms with E-state index < -0.39 is 5.41 Å². The summed E-state index contributed by atoms with van der Waals surface area (Å²) < 4.78 is 1.83. The molecular weight excluding hydrogens is 408 g/mol. The van der Waals surface area contributed by atoms with Crippen molar-refractivity contribution in [2.75, 3.05) is 13.1 Å². The Labute approximate surface area is 186 Å². The molecule has 0 aliphatic carbocycles. The van der Waals surface area contributed by atoms with Gasteiger partial charge in [0.2, 0.25) is 11.8 Å². The number of aromatic nitrogens is 2. The molecule has 6 nitrogen and oxygen atoms in total. The Balaban J connectivity index is 1.48. The van der Waals surface area contributed by atoms with E-state index in [-0.39, 0.29) is 11.8 Å². The molecule has 1 atom stereocenters. The summed E-state index contributed by atoms with van der Waals surface area (Å²) in [5, 5.41) is 6.31. The molecule has 3 aromatic rings. The van der Waals surface area contributed by atoms with Gasteiger partial charge in [0.15, 0.2) is 0 Å². The summed E-state index contributed by atoms with van der Waals surface area (Å²) >= 11 is 1.69. The molecule has 1 aliphatic rings. The molecule has 0 bridgehead atoms. The van der Waals surface area contributed by atoms with Crippen molar-refractivity contribution >= 4 is 23.2 Å². The van der Waals surface area contributed by atoms with Crippen molar-refractivity contribution in [2.45, 2.75) is 39.2 Å². The zero-order chi connectivity index (χ0) is 21.8. The first-order valence-corrected chi connectivity index (χ1v) is 11.5. The van der Waals surface area contributed by atoms with E-state index in [2.05, 4.69) is 28.7 Å². The van der Waals surface area contributed by atoms with Gasteiger partial charge in [-0.05, 0) is 54.8 Å². The van der Waals surface area contributed by atoms with E-state index in [0.717, 1.165) is 23.2 Å². The maximum atomic E-state index is 12.9. The number of thiophene rings is 1. The standard InChI is InChI=1S/C24H28N4O2S/c1-18-8-11-26-28(18)13-9-22(29)27-12-4-10-24(17-27,23(25)30)16-19-5-2-6-20(15-19)21-7-3-14-31-21/h2-3,5-8,11,14-15H,4,9-10,12-13,16-17H2,1H3,(H2,25,30). The third-order valence-electron chi connectivity index (χ3n) is 6.19. The van der Waals surface area contributed by atoms with Crippen LogP contribution in [0, 0.1) is 12.3 Å². The molecule has 7 heteroatoms. The second-order valence-electron chi connectivity index (χ2n) is 8.36. The summed E-state index contributed by atoms with van der Waals surface area (Å²) in [6.45, 7) is 3.56. The largest absolute Gasteiger partial charge is 0.369 e. The van der Waals surface area contributed by atoms with E-state index in [1.165, 1.54) is 4.88 Å². The normalized spacial score (nSPS) is 18.8. The molecule has 31 heavy (non-hydrogen) atoms. The fourth-order valence-electron chi connectivity index (χ4n) is 4.44. The summed E-state index contributed by atoms with van der Waals surface area (Å²) in [5.41, 5.74) is 8.44. The first kappa shape index (κ1) is 21.3. The number of rotatable bonds is 7. The van der Waals surface area contributed by atoms with Crippen LogP contribution in [0.3, 0.4) is 0 Å². The average molecular weight is 437 g/mol. The van der Waals surface area contributed by atoms with E-state index in [0.29, 0.717) is 38.9 Å². The second-order valence-corrected chi connectivity index (χ2v) is 9.31. The van der Waals surface area contributed by atoms with Crippen molar-refractivity contribution in [1.82, 2.24) is 14.7 Å². The quantitative estimate of drug-likeness (QED) is 0.614.